The third-order valence-electron chi connectivity index (χ3n) is 7.97. The van der Waals surface area contributed by atoms with Crippen LogP contribution in [-0.4, -0.2) is 36.3 Å². The molecule has 0 unspecified atom stereocenters. The summed E-state index contributed by atoms with van der Waals surface area (Å²) in [6.07, 6.45) is 1.74. The van der Waals surface area contributed by atoms with Crippen molar-refractivity contribution in [1.82, 2.24) is 4.57 Å². The molecular weight excluding hydrogens is 634 g/mol. The second-order valence-corrected chi connectivity index (χ2v) is 11.8. The molecule has 5 aromatic rings. The van der Waals surface area contributed by atoms with Crippen molar-refractivity contribution in [3.05, 3.63) is 137 Å². The minimum Gasteiger partial charge on any atom is -0.496 e. The first-order chi connectivity index (χ1) is 23.2. The van der Waals surface area contributed by atoms with Crippen LogP contribution in [0.15, 0.2) is 99.9 Å². The Bertz CT molecular complexity index is 2270. The van der Waals surface area contributed by atoms with Gasteiger partial charge in [-0.05, 0) is 72.2 Å². The summed E-state index contributed by atoms with van der Waals surface area (Å²) in [6.45, 7) is 3.81. The molecule has 4 aromatic carbocycles. The molecule has 0 N–H and O–H groups in total. The van der Waals surface area contributed by atoms with Crippen molar-refractivity contribution >= 4 is 39.8 Å². The fraction of sp³-hybridized carbons (Fsp3) is 0.194. The Labute approximate surface area is 278 Å². The van der Waals surface area contributed by atoms with Gasteiger partial charge in [0.05, 0.1) is 41.6 Å². The Balaban J connectivity index is 1.43. The molecule has 1 atom stereocenters. The number of nitrogens with zero attached hydrogens (tertiary/aromatic N) is 3. The van der Waals surface area contributed by atoms with Crippen LogP contribution in [0.3, 0.4) is 0 Å². The van der Waals surface area contributed by atoms with Crippen LogP contribution in [-0.2, 0) is 16.1 Å². The Morgan fingerprint density at radius 2 is 1.73 bits per heavy atom. The lowest BCUT2D eigenvalue weighted by Crippen LogP contribution is -2.40. The number of methoxy groups -OCH3 is 2. The number of benzene rings is 4. The first-order valence-electron chi connectivity index (χ1n) is 15.0. The minimum atomic E-state index is -0.853. The van der Waals surface area contributed by atoms with Gasteiger partial charge in [0.2, 0.25) is 0 Å². The van der Waals surface area contributed by atoms with Crippen molar-refractivity contribution in [3.8, 4) is 17.2 Å². The molecule has 1 aliphatic heterocycles. The largest absolute Gasteiger partial charge is 0.496 e. The highest BCUT2D eigenvalue weighted by Gasteiger charge is 2.36. The highest BCUT2D eigenvalue weighted by molar-refractivity contribution is 7.07. The fourth-order valence-corrected chi connectivity index (χ4v) is 6.77. The molecule has 48 heavy (non-hydrogen) atoms. The molecule has 244 valence electrons. The molecule has 0 spiro atoms. The predicted molar refractivity (Wildman–Crippen MR) is 181 cm³/mol. The normalized spacial score (nSPS) is 14.3. The molecule has 2 heterocycles. The monoisotopic (exact) mass is 665 g/mol. The van der Waals surface area contributed by atoms with Crippen molar-refractivity contribution in [2.75, 3.05) is 20.8 Å². The van der Waals surface area contributed by atoms with Crippen LogP contribution in [0.2, 0.25) is 0 Å². The fourth-order valence-electron chi connectivity index (χ4n) is 5.72. The lowest BCUT2D eigenvalue weighted by Gasteiger charge is -2.27. The van der Waals surface area contributed by atoms with Gasteiger partial charge in [-0.3, -0.25) is 19.5 Å². The molecule has 11 nitrogen and oxygen atoms in total. The number of nitro groups is 1. The van der Waals surface area contributed by atoms with Crippen LogP contribution < -0.4 is 29.1 Å². The highest BCUT2D eigenvalue weighted by Crippen LogP contribution is 2.40. The van der Waals surface area contributed by atoms with Crippen LogP contribution in [0.25, 0.3) is 16.8 Å². The first-order valence-corrected chi connectivity index (χ1v) is 15.8. The molecule has 12 heteroatoms. The number of thiazole rings is 1. The number of nitro benzene ring substituents is 1. The summed E-state index contributed by atoms with van der Waals surface area (Å²) in [4.78, 5) is 43.4. The second kappa shape index (κ2) is 13.5. The quantitative estimate of drug-likeness (QED) is 0.109. The van der Waals surface area contributed by atoms with E-state index in [-0.39, 0.29) is 30.0 Å². The van der Waals surface area contributed by atoms with E-state index in [9.17, 15) is 19.7 Å². The van der Waals surface area contributed by atoms with Crippen molar-refractivity contribution < 1.29 is 28.7 Å². The zero-order valence-electron chi connectivity index (χ0n) is 26.6. The standard InChI is InChI=1S/C36H31N3O8S/c1-5-46-35(41)31-21(2)37-36-38(33(31)32-26-9-7-6-8-24(26)13-17-28(32)44-3)34(40)30(48-36)19-23-12-16-27(29(18-23)45-4)47-20-22-10-14-25(15-11-22)39(42)43/h6-19,33H,5,20H2,1-4H3/b30-19+/t33-/m1/s1. The van der Waals surface area contributed by atoms with Crippen LogP contribution in [0.4, 0.5) is 5.69 Å². The molecular formula is C36H31N3O8S. The molecule has 6 rings (SSSR count). The number of aromatic nitrogens is 1. The minimum absolute atomic E-state index is 0.000758. The van der Waals surface area contributed by atoms with Crippen LogP contribution in [0.5, 0.6) is 17.2 Å². The zero-order chi connectivity index (χ0) is 33.9. The number of hydrogen-bond donors (Lipinski definition) is 0. The number of non-ortho nitro benzene ring substituents is 1. The SMILES string of the molecule is CCOC(=O)C1=C(C)N=c2s/c(=C/c3ccc(OCc4ccc([N+](=O)[O-])cc4)c(OC)c3)c(=O)n2[C@H]1c1c(OC)ccc2ccccc12. The van der Waals surface area contributed by atoms with Gasteiger partial charge < -0.3 is 18.9 Å². The molecule has 1 aromatic heterocycles. The van der Waals surface area contributed by atoms with E-state index in [0.717, 1.165) is 16.3 Å². The number of allylic oxidation sites excluding steroid dienone is 1. The van der Waals surface area contributed by atoms with E-state index in [1.54, 1.807) is 61.9 Å². The van der Waals surface area contributed by atoms with Crippen molar-refractivity contribution in [3.63, 3.8) is 0 Å². The van der Waals surface area contributed by atoms with E-state index >= 15 is 0 Å². The molecule has 0 saturated heterocycles. The number of carbonyl (C=O) groups excluding carboxylic acids is 1. The molecule has 0 radical (unpaired) electrons. The van der Waals surface area contributed by atoms with E-state index in [2.05, 4.69) is 0 Å². The van der Waals surface area contributed by atoms with Gasteiger partial charge in [0, 0.05) is 17.7 Å². The van der Waals surface area contributed by atoms with Gasteiger partial charge in [-0.15, -0.1) is 0 Å². The van der Waals surface area contributed by atoms with Crippen molar-refractivity contribution in [2.45, 2.75) is 26.5 Å². The maximum Gasteiger partial charge on any atom is 0.338 e. The lowest BCUT2D eigenvalue weighted by atomic mass is 9.90. The number of fused-ring (bicyclic) bond motifs is 2. The molecule has 0 fully saturated rings. The third-order valence-corrected chi connectivity index (χ3v) is 8.95. The maximum absolute atomic E-state index is 14.3. The van der Waals surface area contributed by atoms with Gasteiger partial charge >= 0.3 is 5.97 Å². The van der Waals surface area contributed by atoms with Crippen molar-refractivity contribution in [1.29, 1.82) is 0 Å². The van der Waals surface area contributed by atoms with E-state index in [0.29, 0.717) is 43.4 Å². The average molecular weight is 666 g/mol. The predicted octanol–water partition coefficient (Wildman–Crippen LogP) is 5.46. The summed E-state index contributed by atoms with van der Waals surface area (Å²) in [5, 5.41) is 12.7. The Hall–Kier alpha value is -5.75. The molecule has 1 aliphatic rings. The summed E-state index contributed by atoms with van der Waals surface area (Å²) in [6, 6.07) is 22.1. The van der Waals surface area contributed by atoms with Gasteiger partial charge in [0.25, 0.3) is 11.2 Å². The summed E-state index contributed by atoms with van der Waals surface area (Å²) >= 11 is 1.21. The van der Waals surface area contributed by atoms with Crippen LogP contribution in [0.1, 0.15) is 36.6 Å². The first kappa shape index (κ1) is 32.2. The highest BCUT2D eigenvalue weighted by atomic mass is 32.1. The number of ether oxygens (including phenoxy) is 4. The Kier molecular flexibility index (Phi) is 9.08. The number of esters is 1. The average Bonchev–Trinajstić information content (AvgIpc) is 3.40. The number of carbonyl (C=O) groups is 1. The van der Waals surface area contributed by atoms with E-state index in [4.69, 9.17) is 23.9 Å². The topological polar surface area (TPSA) is 131 Å². The smallest absolute Gasteiger partial charge is 0.338 e. The summed E-state index contributed by atoms with van der Waals surface area (Å²) in [5.41, 5.74) is 2.49. The van der Waals surface area contributed by atoms with E-state index in [1.807, 2.05) is 36.4 Å². The summed E-state index contributed by atoms with van der Waals surface area (Å²) in [5.74, 6) is 0.880. The van der Waals surface area contributed by atoms with Crippen LogP contribution in [0, 0.1) is 10.1 Å². The van der Waals surface area contributed by atoms with Crippen LogP contribution >= 0.6 is 11.3 Å². The van der Waals surface area contributed by atoms with Gasteiger partial charge in [0.15, 0.2) is 16.3 Å². The Morgan fingerprint density at radius 3 is 2.44 bits per heavy atom. The summed E-state index contributed by atoms with van der Waals surface area (Å²) in [7, 11) is 3.08. The van der Waals surface area contributed by atoms with E-state index < -0.39 is 16.9 Å². The van der Waals surface area contributed by atoms with Gasteiger partial charge in [0.1, 0.15) is 18.4 Å². The lowest BCUT2D eigenvalue weighted by molar-refractivity contribution is -0.384. The van der Waals surface area contributed by atoms with Crippen molar-refractivity contribution in [2.24, 2.45) is 4.99 Å². The zero-order valence-corrected chi connectivity index (χ0v) is 27.4. The molecule has 0 amide bonds. The molecule has 0 aliphatic carbocycles. The van der Waals surface area contributed by atoms with Gasteiger partial charge in [-0.25, -0.2) is 9.79 Å². The Morgan fingerprint density at radius 1 is 1.00 bits per heavy atom. The summed E-state index contributed by atoms with van der Waals surface area (Å²) < 4.78 is 24.8. The van der Waals surface area contributed by atoms with Gasteiger partial charge in [-0.2, -0.15) is 0 Å². The molecule has 0 saturated carbocycles. The van der Waals surface area contributed by atoms with Gasteiger partial charge in [-0.1, -0.05) is 47.7 Å². The van der Waals surface area contributed by atoms with E-state index in [1.165, 1.54) is 30.6 Å². The maximum atomic E-state index is 14.3. The molecule has 0 bridgehead atoms. The number of hydrogen-bond acceptors (Lipinski definition) is 10. The second-order valence-electron chi connectivity index (χ2n) is 10.8. The third kappa shape index (κ3) is 6.05. The number of rotatable bonds is 10.